The second-order valence-electron chi connectivity index (χ2n) is 4.31. The molecular weight excluding hydrogens is 266 g/mol. The van der Waals surface area contributed by atoms with Gasteiger partial charge in [0.1, 0.15) is 0 Å². The Morgan fingerprint density at radius 2 is 1.94 bits per heavy atom. The van der Waals surface area contributed by atoms with Crippen molar-refractivity contribution < 1.29 is 4.79 Å². The zero-order valence-electron chi connectivity index (χ0n) is 9.79. The molecule has 0 aliphatic carbocycles. The average molecular weight is 284 g/mol. The first-order chi connectivity index (χ1) is 7.61. The molecule has 0 atom stereocenters. The zero-order valence-corrected chi connectivity index (χ0v) is 11.4. The Balaban J connectivity index is 2.43. The van der Waals surface area contributed by atoms with Gasteiger partial charge >= 0.3 is 0 Å². The van der Waals surface area contributed by atoms with Gasteiger partial charge in [0.2, 0.25) is 5.91 Å². The third kappa shape index (κ3) is 4.79. The van der Waals surface area contributed by atoms with E-state index in [1.54, 1.807) is 0 Å². The summed E-state index contributed by atoms with van der Waals surface area (Å²) in [5.41, 5.74) is 2.08. The van der Waals surface area contributed by atoms with Crippen LogP contribution in [0.15, 0.2) is 24.3 Å². The van der Waals surface area contributed by atoms with Crippen LogP contribution in [0.2, 0.25) is 0 Å². The fourth-order valence-electron chi connectivity index (χ4n) is 1.32. The summed E-state index contributed by atoms with van der Waals surface area (Å²) in [6.07, 6.45) is 1.53. The Kier molecular flexibility index (Phi) is 5.53. The van der Waals surface area contributed by atoms with Gasteiger partial charge in [-0.3, -0.25) is 4.79 Å². The van der Waals surface area contributed by atoms with E-state index in [1.807, 2.05) is 24.3 Å². The maximum Gasteiger partial charge on any atom is 0.224 e. The van der Waals surface area contributed by atoms with E-state index in [2.05, 4.69) is 35.1 Å². The van der Waals surface area contributed by atoms with Crippen LogP contribution in [0, 0.1) is 5.92 Å². The molecule has 1 aromatic carbocycles. The summed E-state index contributed by atoms with van der Waals surface area (Å²) in [5, 5.41) is 3.74. The molecule has 2 nitrogen and oxygen atoms in total. The van der Waals surface area contributed by atoms with E-state index < -0.39 is 0 Å². The third-order valence-corrected chi connectivity index (χ3v) is 2.99. The minimum Gasteiger partial charge on any atom is -0.326 e. The third-order valence-electron chi connectivity index (χ3n) is 2.34. The SMILES string of the molecule is CC(C)CCC(=O)Nc1ccc(CBr)cc1. The van der Waals surface area contributed by atoms with Crippen molar-refractivity contribution in [2.45, 2.75) is 32.0 Å². The number of rotatable bonds is 5. The van der Waals surface area contributed by atoms with E-state index in [9.17, 15) is 4.79 Å². The number of carbonyl (C=O) groups excluding carboxylic acids is 1. The van der Waals surface area contributed by atoms with Crippen LogP contribution in [0.1, 0.15) is 32.3 Å². The molecule has 0 radical (unpaired) electrons. The van der Waals surface area contributed by atoms with Crippen LogP contribution in [0.3, 0.4) is 0 Å². The predicted octanol–water partition coefficient (Wildman–Crippen LogP) is 3.96. The van der Waals surface area contributed by atoms with Crippen molar-refractivity contribution in [1.82, 2.24) is 0 Å². The predicted molar refractivity (Wildman–Crippen MR) is 71.8 cm³/mol. The smallest absolute Gasteiger partial charge is 0.224 e. The Hall–Kier alpha value is -0.830. The van der Waals surface area contributed by atoms with Gasteiger partial charge in [-0.2, -0.15) is 0 Å². The standard InChI is InChI=1S/C13H18BrNO/c1-10(2)3-8-13(16)15-12-6-4-11(9-14)5-7-12/h4-7,10H,3,8-9H2,1-2H3,(H,15,16). The topological polar surface area (TPSA) is 29.1 Å². The Labute approximate surface area is 106 Å². The lowest BCUT2D eigenvalue weighted by molar-refractivity contribution is -0.116. The normalized spacial score (nSPS) is 10.5. The summed E-state index contributed by atoms with van der Waals surface area (Å²) < 4.78 is 0. The van der Waals surface area contributed by atoms with E-state index >= 15 is 0 Å². The molecule has 0 aliphatic rings. The molecule has 0 bridgehead atoms. The molecule has 0 aromatic heterocycles. The van der Waals surface area contributed by atoms with Crippen molar-refractivity contribution in [2.75, 3.05) is 5.32 Å². The fourth-order valence-corrected chi connectivity index (χ4v) is 1.69. The second kappa shape index (κ2) is 6.69. The number of benzene rings is 1. The number of carbonyl (C=O) groups is 1. The van der Waals surface area contributed by atoms with Crippen LogP contribution < -0.4 is 5.32 Å². The first-order valence-corrected chi connectivity index (χ1v) is 6.68. The number of alkyl halides is 1. The summed E-state index contributed by atoms with van der Waals surface area (Å²) in [6.45, 7) is 4.25. The average Bonchev–Trinajstić information content (AvgIpc) is 2.27. The molecule has 3 heteroatoms. The van der Waals surface area contributed by atoms with Gasteiger partial charge in [-0.05, 0) is 30.0 Å². The Bertz CT molecular complexity index is 332. The highest BCUT2D eigenvalue weighted by atomic mass is 79.9. The van der Waals surface area contributed by atoms with Crippen LogP contribution >= 0.6 is 15.9 Å². The molecule has 0 heterocycles. The fraction of sp³-hybridized carbons (Fsp3) is 0.462. The van der Waals surface area contributed by atoms with E-state index in [0.717, 1.165) is 17.4 Å². The lowest BCUT2D eigenvalue weighted by Crippen LogP contribution is -2.12. The molecule has 0 spiro atoms. The molecule has 16 heavy (non-hydrogen) atoms. The number of anilines is 1. The zero-order chi connectivity index (χ0) is 12.0. The monoisotopic (exact) mass is 283 g/mol. The van der Waals surface area contributed by atoms with E-state index in [0.29, 0.717) is 12.3 Å². The largest absolute Gasteiger partial charge is 0.326 e. The van der Waals surface area contributed by atoms with Crippen molar-refractivity contribution in [3.63, 3.8) is 0 Å². The maximum absolute atomic E-state index is 11.6. The number of nitrogens with one attached hydrogen (secondary N) is 1. The summed E-state index contributed by atoms with van der Waals surface area (Å²) >= 11 is 3.39. The molecule has 1 amide bonds. The number of hydrogen-bond donors (Lipinski definition) is 1. The quantitative estimate of drug-likeness (QED) is 0.815. The van der Waals surface area contributed by atoms with Crippen LogP contribution in [0.25, 0.3) is 0 Å². The second-order valence-corrected chi connectivity index (χ2v) is 4.87. The highest BCUT2D eigenvalue weighted by Crippen LogP contribution is 2.13. The van der Waals surface area contributed by atoms with E-state index in [1.165, 1.54) is 5.56 Å². The first-order valence-electron chi connectivity index (χ1n) is 5.56. The summed E-state index contributed by atoms with van der Waals surface area (Å²) in [6, 6.07) is 7.88. The Morgan fingerprint density at radius 1 is 1.31 bits per heavy atom. The van der Waals surface area contributed by atoms with E-state index in [4.69, 9.17) is 0 Å². The number of amides is 1. The minimum atomic E-state index is 0.0975. The lowest BCUT2D eigenvalue weighted by Gasteiger charge is -2.07. The molecule has 0 fully saturated rings. The van der Waals surface area contributed by atoms with Crippen molar-refractivity contribution >= 4 is 27.5 Å². The number of halogens is 1. The maximum atomic E-state index is 11.6. The van der Waals surface area contributed by atoms with Crippen LogP contribution in [-0.2, 0) is 10.1 Å². The van der Waals surface area contributed by atoms with Gasteiger partial charge < -0.3 is 5.32 Å². The Morgan fingerprint density at radius 3 is 2.44 bits per heavy atom. The molecule has 0 unspecified atom stereocenters. The minimum absolute atomic E-state index is 0.0975. The van der Waals surface area contributed by atoms with Crippen LogP contribution in [0.5, 0.6) is 0 Å². The first kappa shape index (κ1) is 13.2. The molecule has 1 N–H and O–H groups in total. The van der Waals surface area contributed by atoms with Crippen LogP contribution in [0.4, 0.5) is 5.69 Å². The molecule has 0 saturated heterocycles. The van der Waals surface area contributed by atoms with Gasteiger partial charge in [0.25, 0.3) is 0 Å². The van der Waals surface area contributed by atoms with Gasteiger partial charge in [0.05, 0.1) is 0 Å². The van der Waals surface area contributed by atoms with Gasteiger partial charge in [-0.25, -0.2) is 0 Å². The highest BCUT2D eigenvalue weighted by molar-refractivity contribution is 9.08. The molecule has 88 valence electrons. The molecule has 0 aliphatic heterocycles. The van der Waals surface area contributed by atoms with E-state index in [-0.39, 0.29) is 5.91 Å². The summed E-state index contributed by atoms with van der Waals surface area (Å²) in [4.78, 5) is 11.6. The van der Waals surface area contributed by atoms with Crippen molar-refractivity contribution in [2.24, 2.45) is 5.92 Å². The van der Waals surface area contributed by atoms with Crippen molar-refractivity contribution in [1.29, 1.82) is 0 Å². The molecule has 1 aromatic rings. The van der Waals surface area contributed by atoms with Gasteiger partial charge in [-0.15, -0.1) is 0 Å². The molecule has 0 saturated carbocycles. The highest BCUT2D eigenvalue weighted by Gasteiger charge is 2.03. The summed E-state index contributed by atoms with van der Waals surface area (Å²) in [5.74, 6) is 0.668. The molecule has 1 rings (SSSR count). The van der Waals surface area contributed by atoms with Crippen molar-refractivity contribution in [3.05, 3.63) is 29.8 Å². The number of hydrogen-bond acceptors (Lipinski definition) is 1. The lowest BCUT2D eigenvalue weighted by atomic mass is 10.1. The van der Waals surface area contributed by atoms with Gasteiger partial charge in [0, 0.05) is 17.4 Å². The summed E-state index contributed by atoms with van der Waals surface area (Å²) in [7, 11) is 0. The van der Waals surface area contributed by atoms with Gasteiger partial charge in [0.15, 0.2) is 0 Å². The van der Waals surface area contributed by atoms with Gasteiger partial charge in [-0.1, -0.05) is 41.9 Å². The van der Waals surface area contributed by atoms with Crippen molar-refractivity contribution in [3.8, 4) is 0 Å². The molecular formula is C13H18BrNO. The van der Waals surface area contributed by atoms with Crippen LogP contribution in [-0.4, -0.2) is 5.91 Å².